The number of hydrogen-bond donors (Lipinski definition) is 2. The predicted molar refractivity (Wildman–Crippen MR) is 45.5 cm³/mol. The summed E-state index contributed by atoms with van der Waals surface area (Å²) in [5, 5.41) is 0. The van der Waals surface area contributed by atoms with Crippen molar-refractivity contribution in [1.82, 2.24) is 0 Å². The number of alkyl halides is 2. The van der Waals surface area contributed by atoms with E-state index in [9.17, 15) is 0 Å². The maximum atomic E-state index is 5.56. The quantitative estimate of drug-likeness (QED) is 0.445. The molecule has 0 radical (unpaired) electrons. The third-order valence-corrected chi connectivity index (χ3v) is 1.41. The van der Waals surface area contributed by atoms with Gasteiger partial charge in [0.05, 0.1) is 0 Å². The van der Waals surface area contributed by atoms with Gasteiger partial charge in [-0.2, -0.15) is 0 Å². The molecule has 0 unspecified atom stereocenters. The van der Waals surface area contributed by atoms with Gasteiger partial charge in [-0.05, 0) is 6.42 Å². The summed E-state index contributed by atoms with van der Waals surface area (Å²) < 4.78 is -1.18. The molecule has 11 heavy (non-hydrogen) atoms. The largest absolute Gasteiger partial charge is 0.483 e. The molecule has 0 aliphatic carbocycles. The summed E-state index contributed by atoms with van der Waals surface area (Å²) in [6.45, 7) is 5.37. The minimum absolute atomic E-state index is 0. The Morgan fingerprint density at radius 1 is 1.36 bits per heavy atom. The van der Waals surface area contributed by atoms with Crippen LogP contribution in [0.2, 0.25) is 0 Å². The van der Waals surface area contributed by atoms with Crippen LogP contribution in [0.15, 0.2) is 0 Å². The van der Waals surface area contributed by atoms with Crippen molar-refractivity contribution < 1.29 is 21.1 Å². The van der Waals surface area contributed by atoms with Gasteiger partial charge in [0.25, 0.3) is 0 Å². The molecule has 0 rings (SSSR count). The molecule has 0 aromatic rings. The SMILES string of the molecule is CC(C)([CH-]N)CC(N)(Cl)Cl.[Pt]. The van der Waals surface area contributed by atoms with E-state index in [0.717, 1.165) is 0 Å². The van der Waals surface area contributed by atoms with Crippen LogP contribution in [-0.2, 0) is 21.1 Å². The molecule has 4 N–H and O–H groups in total. The second-order valence-electron chi connectivity index (χ2n) is 3.09. The van der Waals surface area contributed by atoms with E-state index < -0.39 is 4.46 Å². The van der Waals surface area contributed by atoms with Crippen LogP contribution in [0.1, 0.15) is 20.3 Å². The van der Waals surface area contributed by atoms with Crippen LogP contribution >= 0.6 is 23.2 Å². The minimum atomic E-state index is -1.18. The number of nitrogens with two attached hydrogens (primary N) is 2. The molecule has 0 aliphatic rings. The summed E-state index contributed by atoms with van der Waals surface area (Å²) in [5.41, 5.74) is 10.5. The average Bonchev–Trinajstić information content (AvgIpc) is 1.60. The van der Waals surface area contributed by atoms with Gasteiger partial charge in [0.15, 0.2) is 4.46 Å². The van der Waals surface area contributed by atoms with Crippen molar-refractivity contribution >= 4 is 23.2 Å². The molecular formula is C6H13Cl2N2Pt-. The van der Waals surface area contributed by atoms with Crippen molar-refractivity contribution in [2.45, 2.75) is 24.7 Å². The van der Waals surface area contributed by atoms with Crippen molar-refractivity contribution in [2.75, 3.05) is 0 Å². The van der Waals surface area contributed by atoms with Crippen LogP contribution in [0.5, 0.6) is 0 Å². The fourth-order valence-electron chi connectivity index (χ4n) is 0.666. The second-order valence-corrected chi connectivity index (χ2v) is 4.64. The summed E-state index contributed by atoms with van der Waals surface area (Å²) in [6, 6.07) is 0. The van der Waals surface area contributed by atoms with Crippen molar-refractivity contribution in [1.29, 1.82) is 0 Å². The van der Waals surface area contributed by atoms with Gasteiger partial charge in [-0.15, -0.1) is 5.41 Å². The second kappa shape index (κ2) is 5.03. The molecule has 0 spiro atoms. The fraction of sp³-hybridized carbons (Fsp3) is 0.833. The third kappa shape index (κ3) is 9.10. The maximum Gasteiger partial charge on any atom is 0.164 e. The molecule has 72 valence electrons. The third-order valence-electron chi connectivity index (χ3n) is 1.14. The summed E-state index contributed by atoms with van der Waals surface area (Å²) in [4.78, 5) is 0. The molecule has 0 amide bonds. The summed E-state index contributed by atoms with van der Waals surface area (Å²) in [7, 11) is 0. The van der Waals surface area contributed by atoms with Gasteiger partial charge in [0, 0.05) is 21.1 Å². The van der Waals surface area contributed by atoms with Crippen molar-refractivity contribution in [3.05, 3.63) is 6.54 Å². The monoisotopic (exact) mass is 378 g/mol. The predicted octanol–water partition coefficient (Wildman–Crippen LogP) is 1.61. The molecule has 0 aromatic carbocycles. The normalized spacial score (nSPS) is 12.5. The van der Waals surface area contributed by atoms with E-state index in [2.05, 4.69) is 0 Å². The van der Waals surface area contributed by atoms with E-state index in [0.29, 0.717) is 6.42 Å². The number of halogens is 2. The molecule has 0 aliphatic heterocycles. The molecule has 0 saturated heterocycles. The number of hydrogen-bond acceptors (Lipinski definition) is 2. The Morgan fingerprint density at radius 2 is 1.73 bits per heavy atom. The van der Waals surface area contributed by atoms with E-state index in [1.807, 2.05) is 13.8 Å². The van der Waals surface area contributed by atoms with Gasteiger partial charge in [0.2, 0.25) is 0 Å². The van der Waals surface area contributed by atoms with Crippen LogP contribution in [0.4, 0.5) is 0 Å². The van der Waals surface area contributed by atoms with Gasteiger partial charge in [0.1, 0.15) is 0 Å². The molecule has 0 fully saturated rings. The van der Waals surface area contributed by atoms with Crippen LogP contribution < -0.4 is 11.5 Å². The van der Waals surface area contributed by atoms with Crippen molar-refractivity contribution in [3.8, 4) is 0 Å². The van der Waals surface area contributed by atoms with Gasteiger partial charge in [-0.3, -0.25) is 6.54 Å². The van der Waals surface area contributed by atoms with Crippen LogP contribution in [0, 0.1) is 12.0 Å². The summed E-state index contributed by atoms with van der Waals surface area (Å²) in [5.74, 6) is 0. The Kier molecular flexibility index (Phi) is 6.73. The van der Waals surface area contributed by atoms with Gasteiger partial charge in [-0.25, -0.2) is 0 Å². The summed E-state index contributed by atoms with van der Waals surface area (Å²) in [6.07, 6.45) is 0.444. The summed E-state index contributed by atoms with van der Waals surface area (Å²) >= 11 is 11.1. The molecule has 0 bridgehead atoms. The van der Waals surface area contributed by atoms with E-state index >= 15 is 0 Å². The van der Waals surface area contributed by atoms with Crippen LogP contribution in [-0.4, -0.2) is 4.46 Å². The van der Waals surface area contributed by atoms with Gasteiger partial charge in [-0.1, -0.05) is 37.0 Å². The first-order valence-electron chi connectivity index (χ1n) is 3.00. The van der Waals surface area contributed by atoms with Crippen LogP contribution in [0.25, 0.3) is 0 Å². The first-order valence-corrected chi connectivity index (χ1v) is 3.75. The Balaban J connectivity index is 0. The Labute approximate surface area is 92.2 Å². The molecule has 0 aromatic heterocycles. The first kappa shape index (κ1) is 14.7. The first-order chi connectivity index (χ1) is 4.27. The van der Waals surface area contributed by atoms with Crippen molar-refractivity contribution in [2.24, 2.45) is 16.9 Å². The molecule has 0 heterocycles. The topological polar surface area (TPSA) is 52.0 Å². The Bertz CT molecular complexity index is 112. The van der Waals surface area contributed by atoms with Gasteiger partial charge >= 0.3 is 0 Å². The molecule has 0 atom stereocenters. The zero-order valence-corrected chi connectivity index (χ0v) is 10.3. The zero-order chi connectivity index (χ0) is 8.41. The van der Waals surface area contributed by atoms with Gasteiger partial charge < -0.3 is 11.5 Å². The standard InChI is InChI=1S/C6H13Cl2N2.Pt/c1-5(2,4-9)3-6(7,8)10;/h4H,3,9-10H2,1-2H3;/q-1;. The van der Waals surface area contributed by atoms with Crippen molar-refractivity contribution in [3.63, 3.8) is 0 Å². The average molecular weight is 379 g/mol. The molecule has 0 saturated carbocycles. The molecule has 2 nitrogen and oxygen atoms in total. The Morgan fingerprint density at radius 3 is 1.82 bits per heavy atom. The molecular weight excluding hydrogens is 366 g/mol. The van der Waals surface area contributed by atoms with Crippen LogP contribution in [0.3, 0.4) is 0 Å². The maximum absolute atomic E-state index is 5.56. The van der Waals surface area contributed by atoms with E-state index in [-0.39, 0.29) is 26.5 Å². The molecule has 5 heteroatoms. The fourth-order valence-corrected chi connectivity index (χ4v) is 1.36. The van der Waals surface area contributed by atoms with E-state index in [1.165, 1.54) is 0 Å². The zero-order valence-electron chi connectivity index (χ0n) is 6.51. The number of rotatable bonds is 3. The smallest absolute Gasteiger partial charge is 0.164 e. The Hall–Kier alpha value is 1.19. The van der Waals surface area contributed by atoms with E-state index in [4.69, 9.17) is 34.7 Å². The van der Waals surface area contributed by atoms with E-state index in [1.54, 1.807) is 6.54 Å². The minimum Gasteiger partial charge on any atom is -0.483 e.